The van der Waals surface area contributed by atoms with Gasteiger partial charge < -0.3 is 15.5 Å². The van der Waals surface area contributed by atoms with Gasteiger partial charge in [0.25, 0.3) is 0 Å². The van der Waals surface area contributed by atoms with Crippen molar-refractivity contribution in [2.75, 3.05) is 26.0 Å². The van der Waals surface area contributed by atoms with E-state index in [1.807, 2.05) is 18.2 Å². The van der Waals surface area contributed by atoms with Crippen molar-refractivity contribution in [3.8, 4) is 0 Å². The van der Waals surface area contributed by atoms with E-state index in [1.54, 1.807) is 25.1 Å². The molecule has 0 aliphatic rings. The van der Waals surface area contributed by atoms with Gasteiger partial charge in [0, 0.05) is 25.7 Å². The van der Waals surface area contributed by atoms with Gasteiger partial charge in [0.05, 0.1) is 12.2 Å². The van der Waals surface area contributed by atoms with Crippen LogP contribution in [-0.2, 0) is 11.3 Å². The molecule has 0 unspecified atom stereocenters. The number of aliphatic imine (C=N–C) groups is 1. The van der Waals surface area contributed by atoms with Gasteiger partial charge in [0.1, 0.15) is 0 Å². The first kappa shape index (κ1) is 20.6. The lowest BCUT2D eigenvalue weighted by Gasteiger charge is -2.22. The molecule has 0 fully saturated rings. The molecule has 0 bridgehead atoms. The van der Waals surface area contributed by atoms with Gasteiger partial charge in [-0.25, -0.2) is 13.2 Å². The van der Waals surface area contributed by atoms with Crippen LogP contribution in [0.4, 0.5) is 18.9 Å². The molecule has 144 valence electrons. The average molecular weight is 399 g/mol. The molecular weight excluding hydrogens is 381 g/mol. The van der Waals surface area contributed by atoms with E-state index in [1.165, 1.54) is 0 Å². The molecule has 0 radical (unpaired) electrons. The standard InChI is InChI=1S/C18H18ClF3N4O/c1-23-18(26(2)10-11-5-3-4-6-12(11)19)24-9-15(27)25-14-8-7-13(20)16(21)17(14)22/h3-8H,9-10H2,1-2H3,(H,23,24)(H,25,27). The summed E-state index contributed by atoms with van der Waals surface area (Å²) in [6, 6.07) is 8.99. The summed E-state index contributed by atoms with van der Waals surface area (Å²) in [6.45, 7) is 0.191. The molecule has 0 saturated heterocycles. The zero-order chi connectivity index (χ0) is 20.0. The van der Waals surface area contributed by atoms with Gasteiger partial charge in [0.2, 0.25) is 5.91 Å². The number of carbonyl (C=O) groups is 1. The van der Waals surface area contributed by atoms with E-state index in [9.17, 15) is 18.0 Å². The van der Waals surface area contributed by atoms with Crippen molar-refractivity contribution in [3.05, 3.63) is 64.4 Å². The summed E-state index contributed by atoms with van der Waals surface area (Å²) in [5, 5.41) is 5.59. The molecule has 2 N–H and O–H groups in total. The highest BCUT2D eigenvalue weighted by Gasteiger charge is 2.16. The third-order valence-electron chi connectivity index (χ3n) is 3.66. The van der Waals surface area contributed by atoms with E-state index < -0.39 is 29.0 Å². The zero-order valence-corrected chi connectivity index (χ0v) is 15.4. The summed E-state index contributed by atoms with van der Waals surface area (Å²) in [6.07, 6.45) is 0. The molecule has 27 heavy (non-hydrogen) atoms. The quantitative estimate of drug-likeness (QED) is 0.461. The molecular formula is C18H18ClF3N4O. The van der Waals surface area contributed by atoms with Crippen LogP contribution in [0.3, 0.4) is 0 Å². The number of rotatable bonds is 5. The fourth-order valence-electron chi connectivity index (χ4n) is 2.32. The molecule has 0 saturated carbocycles. The maximum absolute atomic E-state index is 13.6. The Morgan fingerprint density at radius 3 is 2.52 bits per heavy atom. The van der Waals surface area contributed by atoms with E-state index in [2.05, 4.69) is 15.6 Å². The smallest absolute Gasteiger partial charge is 0.243 e. The van der Waals surface area contributed by atoms with Crippen LogP contribution in [0.5, 0.6) is 0 Å². The second kappa shape index (κ2) is 9.27. The van der Waals surface area contributed by atoms with Crippen molar-refractivity contribution in [1.29, 1.82) is 0 Å². The zero-order valence-electron chi connectivity index (χ0n) is 14.7. The van der Waals surface area contributed by atoms with Crippen molar-refractivity contribution in [1.82, 2.24) is 10.2 Å². The molecule has 2 aromatic carbocycles. The first-order valence-electron chi connectivity index (χ1n) is 7.92. The predicted molar refractivity (Wildman–Crippen MR) is 99.2 cm³/mol. The normalized spacial score (nSPS) is 11.3. The van der Waals surface area contributed by atoms with Gasteiger partial charge >= 0.3 is 0 Å². The highest BCUT2D eigenvalue weighted by Crippen LogP contribution is 2.19. The molecule has 1 amide bonds. The van der Waals surface area contributed by atoms with E-state index in [-0.39, 0.29) is 6.54 Å². The van der Waals surface area contributed by atoms with Crippen molar-refractivity contribution in [2.45, 2.75) is 6.54 Å². The number of benzene rings is 2. The van der Waals surface area contributed by atoms with Gasteiger partial charge in [-0.1, -0.05) is 29.8 Å². The maximum Gasteiger partial charge on any atom is 0.243 e. The second-order valence-electron chi connectivity index (χ2n) is 5.62. The fraction of sp³-hybridized carbons (Fsp3) is 0.222. The number of guanidine groups is 1. The van der Waals surface area contributed by atoms with Gasteiger partial charge in [-0.15, -0.1) is 0 Å². The Kier molecular flexibility index (Phi) is 7.06. The number of nitrogens with zero attached hydrogens (tertiary/aromatic N) is 2. The summed E-state index contributed by atoms with van der Waals surface area (Å²) in [5.74, 6) is -4.67. The number of amides is 1. The monoisotopic (exact) mass is 398 g/mol. The maximum atomic E-state index is 13.6. The summed E-state index contributed by atoms with van der Waals surface area (Å²) in [5.41, 5.74) is 0.429. The topological polar surface area (TPSA) is 56.7 Å². The highest BCUT2D eigenvalue weighted by atomic mass is 35.5. The van der Waals surface area contributed by atoms with E-state index in [0.29, 0.717) is 17.5 Å². The van der Waals surface area contributed by atoms with Crippen LogP contribution in [0.15, 0.2) is 41.4 Å². The summed E-state index contributed by atoms with van der Waals surface area (Å²) in [7, 11) is 3.30. The van der Waals surface area contributed by atoms with E-state index >= 15 is 0 Å². The van der Waals surface area contributed by atoms with Crippen molar-refractivity contribution in [3.63, 3.8) is 0 Å². The third-order valence-corrected chi connectivity index (χ3v) is 4.02. The Hall–Kier alpha value is -2.74. The molecule has 2 aromatic rings. The Labute approximate surface area is 159 Å². The highest BCUT2D eigenvalue weighted by molar-refractivity contribution is 6.31. The average Bonchev–Trinajstić information content (AvgIpc) is 2.64. The predicted octanol–water partition coefficient (Wildman–Crippen LogP) is 3.40. The minimum Gasteiger partial charge on any atom is -0.347 e. The fourth-order valence-corrected chi connectivity index (χ4v) is 2.51. The Bertz CT molecular complexity index is 860. The summed E-state index contributed by atoms with van der Waals surface area (Å²) in [4.78, 5) is 17.8. The van der Waals surface area contributed by atoms with Crippen LogP contribution in [0.25, 0.3) is 0 Å². The first-order chi connectivity index (χ1) is 12.8. The molecule has 0 aromatic heterocycles. The number of carbonyl (C=O) groups excluding carboxylic acids is 1. The largest absolute Gasteiger partial charge is 0.347 e. The lowest BCUT2D eigenvalue weighted by molar-refractivity contribution is -0.115. The van der Waals surface area contributed by atoms with Crippen LogP contribution >= 0.6 is 11.6 Å². The van der Waals surface area contributed by atoms with Gasteiger partial charge in [0.15, 0.2) is 23.4 Å². The Morgan fingerprint density at radius 1 is 1.15 bits per heavy atom. The number of hydrogen-bond acceptors (Lipinski definition) is 2. The number of halogens is 4. The van der Waals surface area contributed by atoms with Crippen molar-refractivity contribution in [2.24, 2.45) is 4.99 Å². The molecule has 5 nitrogen and oxygen atoms in total. The molecule has 0 spiro atoms. The Balaban J connectivity index is 1.94. The van der Waals surface area contributed by atoms with Crippen LogP contribution in [0.1, 0.15) is 5.56 Å². The molecule has 2 rings (SSSR count). The van der Waals surface area contributed by atoms with E-state index in [4.69, 9.17) is 11.6 Å². The van der Waals surface area contributed by atoms with Gasteiger partial charge in [-0.05, 0) is 23.8 Å². The number of nitrogens with one attached hydrogen (secondary N) is 2. The minimum atomic E-state index is -1.64. The van der Waals surface area contributed by atoms with Crippen molar-refractivity contribution >= 4 is 29.2 Å². The van der Waals surface area contributed by atoms with E-state index in [0.717, 1.165) is 17.7 Å². The summed E-state index contributed by atoms with van der Waals surface area (Å²) >= 11 is 6.13. The summed E-state index contributed by atoms with van der Waals surface area (Å²) < 4.78 is 39.7. The van der Waals surface area contributed by atoms with Crippen molar-refractivity contribution < 1.29 is 18.0 Å². The lowest BCUT2D eigenvalue weighted by Crippen LogP contribution is -2.42. The third kappa shape index (κ3) is 5.37. The van der Waals surface area contributed by atoms with Crippen LogP contribution in [0, 0.1) is 17.5 Å². The first-order valence-corrected chi connectivity index (χ1v) is 8.29. The van der Waals surface area contributed by atoms with Gasteiger partial charge in [-0.3, -0.25) is 9.79 Å². The lowest BCUT2D eigenvalue weighted by atomic mass is 10.2. The van der Waals surface area contributed by atoms with Crippen LogP contribution in [-0.4, -0.2) is 37.4 Å². The molecule has 0 atom stereocenters. The Morgan fingerprint density at radius 2 is 1.85 bits per heavy atom. The van der Waals surface area contributed by atoms with Crippen LogP contribution < -0.4 is 10.6 Å². The van der Waals surface area contributed by atoms with Crippen LogP contribution in [0.2, 0.25) is 5.02 Å². The number of anilines is 1. The SMILES string of the molecule is CN=C(NCC(=O)Nc1ccc(F)c(F)c1F)N(C)Cc1ccccc1Cl. The molecule has 0 heterocycles. The second-order valence-corrected chi connectivity index (χ2v) is 6.03. The van der Waals surface area contributed by atoms with Gasteiger partial charge in [-0.2, -0.15) is 0 Å². The molecule has 0 aliphatic heterocycles. The molecule has 9 heteroatoms. The number of hydrogen-bond donors (Lipinski definition) is 2. The molecule has 0 aliphatic carbocycles. The minimum absolute atomic E-state index is 0.252.